The maximum atomic E-state index is 12.5. The van der Waals surface area contributed by atoms with Crippen molar-refractivity contribution in [3.63, 3.8) is 0 Å². The molecule has 136 valence electrons. The minimum Gasteiger partial charge on any atom is -0.399 e. The number of carbonyl (C=O) groups is 2. The number of rotatable bonds is 4. The number of amides is 2. The van der Waals surface area contributed by atoms with Crippen LogP contribution >= 0.6 is 0 Å². The molecule has 0 atom stereocenters. The zero-order chi connectivity index (χ0) is 18.5. The normalized spacial score (nSPS) is 14.3. The van der Waals surface area contributed by atoms with E-state index < -0.39 is 0 Å². The molecule has 1 fully saturated rings. The van der Waals surface area contributed by atoms with Crippen LogP contribution in [0.25, 0.3) is 0 Å². The molecule has 3 rings (SSSR count). The highest BCUT2D eigenvalue weighted by molar-refractivity contribution is 5.81. The number of hydrogen-bond acceptors (Lipinski definition) is 3. The Morgan fingerprint density at radius 2 is 1.15 bits per heavy atom. The van der Waals surface area contributed by atoms with Crippen molar-refractivity contribution < 1.29 is 9.59 Å². The third-order valence-electron chi connectivity index (χ3n) is 4.80. The first kappa shape index (κ1) is 18.0. The Morgan fingerprint density at radius 3 is 1.58 bits per heavy atom. The van der Waals surface area contributed by atoms with Crippen LogP contribution in [0.4, 0.5) is 5.69 Å². The monoisotopic (exact) mass is 351 g/mol. The Bertz CT molecular complexity index is 693. The van der Waals surface area contributed by atoms with E-state index in [1.165, 1.54) is 5.56 Å². The summed E-state index contributed by atoms with van der Waals surface area (Å²) in [4.78, 5) is 28.6. The SMILES string of the molecule is Cc1ccc(CC(=O)N2CCN(C(=O)Cc3ccc(N)cc3)CC2)cc1. The second-order valence-electron chi connectivity index (χ2n) is 6.84. The van der Waals surface area contributed by atoms with Crippen LogP contribution in [0.5, 0.6) is 0 Å². The molecule has 0 spiro atoms. The van der Waals surface area contributed by atoms with E-state index in [0.29, 0.717) is 44.7 Å². The third kappa shape index (κ3) is 4.63. The summed E-state index contributed by atoms with van der Waals surface area (Å²) in [5, 5.41) is 0. The van der Waals surface area contributed by atoms with E-state index in [9.17, 15) is 9.59 Å². The summed E-state index contributed by atoms with van der Waals surface area (Å²) in [7, 11) is 0. The van der Waals surface area contributed by atoms with Gasteiger partial charge in [-0.1, -0.05) is 42.0 Å². The van der Waals surface area contributed by atoms with Crippen LogP contribution in [-0.2, 0) is 22.4 Å². The minimum atomic E-state index is 0.0976. The van der Waals surface area contributed by atoms with Gasteiger partial charge < -0.3 is 15.5 Å². The Morgan fingerprint density at radius 1 is 0.769 bits per heavy atom. The number of anilines is 1. The summed E-state index contributed by atoms with van der Waals surface area (Å²) in [6.07, 6.45) is 0.789. The molecule has 0 aliphatic carbocycles. The fourth-order valence-corrected chi connectivity index (χ4v) is 3.12. The lowest BCUT2D eigenvalue weighted by atomic mass is 10.1. The van der Waals surface area contributed by atoms with Crippen molar-refractivity contribution in [3.05, 3.63) is 65.2 Å². The summed E-state index contributed by atoms with van der Waals surface area (Å²) >= 11 is 0. The van der Waals surface area contributed by atoms with E-state index in [4.69, 9.17) is 5.73 Å². The molecule has 1 heterocycles. The Labute approximate surface area is 154 Å². The Kier molecular flexibility index (Phi) is 5.56. The van der Waals surface area contributed by atoms with Crippen LogP contribution in [0, 0.1) is 6.92 Å². The van der Waals surface area contributed by atoms with Crippen molar-refractivity contribution in [1.82, 2.24) is 9.80 Å². The smallest absolute Gasteiger partial charge is 0.227 e. The van der Waals surface area contributed by atoms with E-state index in [1.807, 2.05) is 65.3 Å². The summed E-state index contributed by atoms with van der Waals surface area (Å²) in [6, 6.07) is 15.4. The first-order valence-corrected chi connectivity index (χ1v) is 8.97. The van der Waals surface area contributed by atoms with Crippen molar-refractivity contribution in [2.75, 3.05) is 31.9 Å². The molecule has 0 saturated carbocycles. The molecule has 0 unspecified atom stereocenters. The maximum absolute atomic E-state index is 12.5. The number of nitrogen functional groups attached to an aromatic ring is 1. The molecule has 1 saturated heterocycles. The quantitative estimate of drug-likeness (QED) is 0.857. The number of nitrogens with zero attached hydrogens (tertiary/aromatic N) is 2. The zero-order valence-electron chi connectivity index (χ0n) is 15.1. The summed E-state index contributed by atoms with van der Waals surface area (Å²) in [5.41, 5.74) is 9.55. The van der Waals surface area contributed by atoms with Crippen LogP contribution < -0.4 is 5.73 Å². The van der Waals surface area contributed by atoms with Crippen LogP contribution in [0.2, 0.25) is 0 Å². The average Bonchev–Trinajstić information content (AvgIpc) is 2.65. The molecule has 5 nitrogen and oxygen atoms in total. The molecule has 1 aliphatic rings. The molecule has 0 aromatic heterocycles. The van der Waals surface area contributed by atoms with Crippen molar-refractivity contribution in [2.45, 2.75) is 19.8 Å². The predicted octanol–water partition coefficient (Wildman–Crippen LogP) is 2.03. The average molecular weight is 351 g/mol. The lowest BCUT2D eigenvalue weighted by Crippen LogP contribution is -2.51. The predicted molar refractivity (Wildman–Crippen MR) is 103 cm³/mol. The van der Waals surface area contributed by atoms with Gasteiger partial charge in [0.15, 0.2) is 0 Å². The fourth-order valence-electron chi connectivity index (χ4n) is 3.12. The number of benzene rings is 2. The van der Waals surface area contributed by atoms with E-state index >= 15 is 0 Å². The molecule has 1 aliphatic heterocycles. The molecule has 2 aromatic carbocycles. The molecule has 2 aromatic rings. The van der Waals surface area contributed by atoms with Crippen LogP contribution in [0.3, 0.4) is 0 Å². The molecule has 5 heteroatoms. The van der Waals surface area contributed by atoms with Gasteiger partial charge in [-0.15, -0.1) is 0 Å². The van der Waals surface area contributed by atoms with Gasteiger partial charge in [0, 0.05) is 31.9 Å². The lowest BCUT2D eigenvalue weighted by Gasteiger charge is -2.35. The number of aryl methyl sites for hydroxylation is 1. The number of carbonyl (C=O) groups excluding carboxylic acids is 2. The number of hydrogen-bond donors (Lipinski definition) is 1. The molecule has 2 N–H and O–H groups in total. The third-order valence-corrected chi connectivity index (χ3v) is 4.80. The minimum absolute atomic E-state index is 0.0976. The van der Waals surface area contributed by atoms with Gasteiger partial charge in [-0.2, -0.15) is 0 Å². The van der Waals surface area contributed by atoms with E-state index in [-0.39, 0.29) is 11.8 Å². The second-order valence-corrected chi connectivity index (χ2v) is 6.84. The maximum Gasteiger partial charge on any atom is 0.227 e. The van der Waals surface area contributed by atoms with Crippen LogP contribution in [-0.4, -0.2) is 47.8 Å². The summed E-state index contributed by atoms with van der Waals surface area (Å²) < 4.78 is 0. The molecular weight excluding hydrogens is 326 g/mol. The van der Waals surface area contributed by atoms with Crippen molar-refractivity contribution in [3.8, 4) is 0 Å². The lowest BCUT2D eigenvalue weighted by molar-refractivity contribution is -0.138. The Balaban J connectivity index is 1.48. The van der Waals surface area contributed by atoms with E-state index in [1.54, 1.807) is 0 Å². The second kappa shape index (κ2) is 8.04. The molecule has 2 amide bonds. The van der Waals surface area contributed by atoms with Gasteiger partial charge in [0.05, 0.1) is 12.8 Å². The van der Waals surface area contributed by atoms with Gasteiger partial charge in [-0.25, -0.2) is 0 Å². The van der Waals surface area contributed by atoms with Gasteiger partial charge >= 0.3 is 0 Å². The first-order chi connectivity index (χ1) is 12.5. The first-order valence-electron chi connectivity index (χ1n) is 8.97. The van der Waals surface area contributed by atoms with Crippen LogP contribution in [0.1, 0.15) is 16.7 Å². The topological polar surface area (TPSA) is 66.6 Å². The standard InChI is InChI=1S/C21H25N3O2/c1-16-2-4-17(5-3-16)14-20(25)23-10-12-24(13-11-23)21(26)15-18-6-8-19(22)9-7-18/h2-9H,10-15,22H2,1H3. The molecule has 26 heavy (non-hydrogen) atoms. The van der Waals surface area contributed by atoms with Crippen molar-refractivity contribution in [1.29, 1.82) is 0 Å². The largest absolute Gasteiger partial charge is 0.399 e. The van der Waals surface area contributed by atoms with Gasteiger partial charge in [0.1, 0.15) is 0 Å². The molecule has 0 radical (unpaired) electrons. The number of piperazine rings is 1. The highest BCUT2D eigenvalue weighted by Gasteiger charge is 2.24. The highest BCUT2D eigenvalue weighted by atomic mass is 16.2. The van der Waals surface area contributed by atoms with Crippen molar-refractivity contribution in [2.24, 2.45) is 0 Å². The summed E-state index contributed by atoms with van der Waals surface area (Å²) in [5.74, 6) is 0.222. The summed E-state index contributed by atoms with van der Waals surface area (Å²) in [6.45, 7) is 4.41. The van der Waals surface area contributed by atoms with Gasteiger partial charge in [0.2, 0.25) is 11.8 Å². The van der Waals surface area contributed by atoms with Crippen LogP contribution in [0.15, 0.2) is 48.5 Å². The van der Waals surface area contributed by atoms with E-state index in [2.05, 4.69) is 0 Å². The highest BCUT2D eigenvalue weighted by Crippen LogP contribution is 2.11. The Hall–Kier alpha value is -2.82. The van der Waals surface area contributed by atoms with Gasteiger partial charge in [-0.3, -0.25) is 9.59 Å². The zero-order valence-corrected chi connectivity index (χ0v) is 15.1. The van der Waals surface area contributed by atoms with Gasteiger partial charge in [0.25, 0.3) is 0 Å². The fraction of sp³-hybridized carbons (Fsp3) is 0.333. The molecule has 0 bridgehead atoms. The van der Waals surface area contributed by atoms with Crippen molar-refractivity contribution >= 4 is 17.5 Å². The van der Waals surface area contributed by atoms with Gasteiger partial charge in [-0.05, 0) is 30.2 Å². The molecular formula is C21H25N3O2. The van der Waals surface area contributed by atoms with E-state index in [0.717, 1.165) is 11.1 Å². The number of nitrogens with two attached hydrogens (primary N) is 1.